The Morgan fingerprint density at radius 1 is 1.30 bits per heavy atom. The second-order valence-electron chi connectivity index (χ2n) is 6.31. The number of aliphatic hydroxyl groups excluding tert-OH is 1. The van der Waals surface area contributed by atoms with Crippen LogP contribution in [0.4, 0.5) is 4.79 Å². The molecule has 0 aromatic heterocycles. The molecule has 1 aliphatic rings. The van der Waals surface area contributed by atoms with E-state index in [1.807, 2.05) is 38.2 Å². The average molecular weight is 320 g/mol. The summed E-state index contributed by atoms with van der Waals surface area (Å²) in [7, 11) is 1.85. The molecule has 0 unspecified atom stereocenters. The summed E-state index contributed by atoms with van der Waals surface area (Å²) in [4.78, 5) is 14.0. The summed E-state index contributed by atoms with van der Waals surface area (Å²) in [6.45, 7) is 3.22. The molecule has 1 aromatic rings. The highest BCUT2D eigenvalue weighted by molar-refractivity contribution is 5.74. The minimum absolute atomic E-state index is 0.0502. The second kappa shape index (κ2) is 8.77. The van der Waals surface area contributed by atoms with Crippen LogP contribution in [0.2, 0.25) is 0 Å². The first-order valence-corrected chi connectivity index (χ1v) is 8.41. The van der Waals surface area contributed by atoms with Gasteiger partial charge in [0.05, 0.1) is 6.54 Å². The van der Waals surface area contributed by atoms with E-state index in [0.717, 1.165) is 37.0 Å². The Kier molecular flexibility index (Phi) is 6.71. The van der Waals surface area contributed by atoms with Gasteiger partial charge in [0.2, 0.25) is 0 Å². The van der Waals surface area contributed by atoms with Gasteiger partial charge in [-0.15, -0.1) is 0 Å². The molecule has 5 heteroatoms. The maximum Gasteiger partial charge on any atom is 0.317 e. The van der Waals surface area contributed by atoms with Gasteiger partial charge in [0, 0.05) is 19.7 Å². The number of amides is 2. The topological polar surface area (TPSA) is 61.8 Å². The van der Waals surface area contributed by atoms with E-state index < -0.39 is 0 Å². The largest absolute Gasteiger partial charge is 0.491 e. The Morgan fingerprint density at radius 2 is 2.00 bits per heavy atom. The molecule has 0 radical (unpaired) electrons. The van der Waals surface area contributed by atoms with Crippen molar-refractivity contribution in [3.05, 3.63) is 29.8 Å². The van der Waals surface area contributed by atoms with E-state index in [1.165, 1.54) is 0 Å². The van der Waals surface area contributed by atoms with Crippen molar-refractivity contribution in [1.82, 2.24) is 10.2 Å². The van der Waals surface area contributed by atoms with Gasteiger partial charge in [-0.25, -0.2) is 4.79 Å². The first-order valence-electron chi connectivity index (χ1n) is 8.41. The zero-order valence-corrected chi connectivity index (χ0v) is 14.1. The van der Waals surface area contributed by atoms with Gasteiger partial charge in [0.15, 0.2) is 0 Å². The highest BCUT2D eigenvalue weighted by Gasteiger charge is 2.25. The van der Waals surface area contributed by atoms with Crippen LogP contribution < -0.4 is 10.1 Å². The standard InChI is InChI=1S/C18H28N2O3/c1-14-5-3-4-6-17(14)23-12-11-19-18(22)20(2)16-9-7-15(13-21)8-10-16/h3-6,15-16,21H,7-13H2,1-2H3,(H,19,22). The molecule has 0 saturated heterocycles. The number of hydrogen-bond acceptors (Lipinski definition) is 3. The number of aryl methyl sites for hydroxylation is 1. The van der Waals surface area contributed by atoms with E-state index >= 15 is 0 Å². The minimum Gasteiger partial charge on any atom is -0.491 e. The van der Waals surface area contributed by atoms with Gasteiger partial charge in [0.25, 0.3) is 0 Å². The van der Waals surface area contributed by atoms with Crippen molar-refractivity contribution in [2.45, 2.75) is 38.6 Å². The van der Waals surface area contributed by atoms with Gasteiger partial charge in [-0.1, -0.05) is 18.2 Å². The number of benzene rings is 1. The molecule has 0 aliphatic heterocycles. The fourth-order valence-electron chi connectivity index (χ4n) is 3.04. The summed E-state index contributed by atoms with van der Waals surface area (Å²) >= 11 is 0. The number of urea groups is 1. The number of carbonyl (C=O) groups excluding carboxylic acids is 1. The smallest absolute Gasteiger partial charge is 0.317 e. The van der Waals surface area contributed by atoms with Crippen LogP contribution in [0.15, 0.2) is 24.3 Å². The molecule has 1 aromatic carbocycles. The van der Waals surface area contributed by atoms with E-state index in [9.17, 15) is 9.90 Å². The third-order valence-corrected chi connectivity index (χ3v) is 4.67. The summed E-state index contributed by atoms with van der Waals surface area (Å²) in [6.07, 6.45) is 3.92. The number of aliphatic hydroxyl groups is 1. The fraction of sp³-hybridized carbons (Fsp3) is 0.611. The van der Waals surface area contributed by atoms with Crippen molar-refractivity contribution < 1.29 is 14.6 Å². The normalized spacial score (nSPS) is 20.8. The van der Waals surface area contributed by atoms with Crippen LogP contribution in [0, 0.1) is 12.8 Å². The molecule has 0 heterocycles. The predicted molar refractivity (Wildman–Crippen MR) is 90.7 cm³/mol. The molecule has 0 atom stereocenters. The maximum atomic E-state index is 12.2. The highest BCUT2D eigenvalue weighted by Crippen LogP contribution is 2.26. The van der Waals surface area contributed by atoms with Crippen molar-refractivity contribution >= 4 is 6.03 Å². The molecular weight excluding hydrogens is 292 g/mol. The molecule has 1 saturated carbocycles. The molecular formula is C18H28N2O3. The van der Waals surface area contributed by atoms with Gasteiger partial charge in [-0.2, -0.15) is 0 Å². The fourth-order valence-corrected chi connectivity index (χ4v) is 3.04. The zero-order valence-electron chi connectivity index (χ0n) is 14.1. The van der Waals surface area contributed by atoms with Crippen molar-refractivity contribution in [3.63, 3.8) is 0 Å². The van der Waals surface area contributed by atoms with Crippen LogP contribution in [-0.4, -0.2) is 48.9 Å². The van der Waals surface area contributed by atoms with Crippen molar-refractivity contribution in [2.24, 2.45) is 5.92 Å². The first kappa shape index (κ1) is 17.6. The lowest BCUT2D eigenvalue weighted by Crippen LogP contribution is -2.46. The Labute approximate surface area is 138 Å². The number of nitrogens with one attached hydrogen (secondary N) is 1. The van der Waals surface area contributed by atoms with Crippen LogP contribution in [0.25, 0.3) is 0 Å². The van der Waals surface area contributed by atoms with Gasteiger partial charge in [0.1, 0.15) is 12.4 Å². The third kappa shape index (κ3) is 5.13. The molecule has 2 rings (SSSR count). The number of rotatable bonds is 6. The van der Waals surface area contributed by atoms with E-state index in [4.69, 9.17) is 4.74 Å². The molecule has 23 heavy (non-hydrogen) atoms. The van der Waals surface area contributed by atoms with Crippen LogP contribution in [-0.2, 0) is 0 Å². The maximum absolute atomic E-state index is 12.2. The lowest BCUT2D eigenvalue weighted by molar-refractivity contribution is 0.133. The third-order valence-electron chi connectivity index (χ3n) is 4.67. The van der Waals surface area contributed by atoms with Crippen molar-refractivity contribution in [3.8, 4) is 5.75 Å². The van der Waals surface area contributed by atoms with Gasteiger partial charge in [-0.3, -0.25) is 0 Å². The number of nitrogens with zero attached hydrogens (tertiary/aromatic N) is 1. The quantitative estimate of drug-likeness (QED) is 0.792. The number of ether oxygens (including phenoxy) is 1. The monoisotopic (exact) mass is 320 g/mol. The molecule has 128 valence electrons. The zero-order chi connectivity index (χ0) is 16.7. The molecule has 1 fully saturated rings. The molecule has 5 nitrogen and oxygen atoms in total. The highest BCUT2D eigenvalue weighted by atomic mass is 16.5. The van der Waals surface area contributed by atoms with Crippen LogP contribution in [0.3, 0.4) is 0 Å². The molecule has 0 spiro atoms. The van der Waals surface area contributed by atoms with E-state index in [-0.39, 0.29) is 18.7 Å². The SMILES string of the molecule is Cc1ccccc1OCCNC(=O)N(C)C1CCC(CO)CC1. The second-order valence-corrected chi connectivity index (χ2v) is 6.31. The molecule has 2 amide bonds. The summed E-state index contributed by atoms with van der Waals surface area (Å²) in [5.74, 6) is 1.27. The summed E-state index contributed by atoms with van der Waals surface area (Å²) < 4.78 is 5.68. The van der Waals surface area contributed by atoms with Crippen molar-refractivity contribution in [1.29, 1.82) is 0 Å². The number of para-hydroxylation sites is 1. The Bertz CT molecular complexity index is 499. The lowest BCUT2D eigenvalue weighted by Gasteiger charge is -2.34. The molecule has 0 bridgehead atoms. The lowest BCUT2D eigenvalue weighted by atomic mass is 9.86. The number of carbonyl (C=O) groups is 1. The van der Waals surface area contributed by atoms with E-state index in [0.29, 0.717) is 19.1 Å². The summed E-state index contributed by atoms with van der Waals surface area (Å²) in [5.41, 5.74) is 1.09. The first-order chi connectivity index (χ1) is 11.1. The predicted octanol–water partition coefficient (Wildman–Crippen LogP) is 2.57. The van der Waals surface area contributed by atoms with E-state index in [1.54, 1.807) is 4.90 Å². The van der Waals surface area contributed by atoms with Crippen LogP contribution in [0.5, 0.6) is 5.75 Å². The minimum atomic E-state index is -0.0502. The summed E-state index contributed by atoms with van der Waals surface area (Å²) in [5, 5.41) is 12.1. The Morgan fingerprint density at radius 3 is 2.65 bits per heavy atom. The number of hydrogen-bond donors (Lipinski definition) is 2. The van der Waals surface area contributed by atoms with E-state index in [2.05, 4.69) is 5.32 Å². The Hall–Kier alpha value is -1.75. The van der Waals surface area contributed by atoms with Gasteiger partial charge >= 0.3 is 6.03 Å². The van der Waals surface area contributed by atoms with Crippen LogP contribution >= 0.6 is 0 Å². The molecule has 2 N–H and O–H groups in total. The van der Waals surface area contributed by atoms with Gasteiger partial charge < -0.3 is 20.1 Å². The van der Waals surface area contributed by atoms with Crippen LogP contribution in [0.1, 0.15) is 31.2 Å². The van der Waals surface area contributed by atoms with Crippen molar-refractivity contribution in [2.75, 3.05) is 26.8 Å². The average Bonchev–Trinajstić information content (AvgIpc) is 2.59. The Balaban J connectivity index is 1.67. The van der Waals surface area contributed by atoms with Gasteiger partial charge in [-0.05, 0) is 50.2 Å². The molecule has 1 aliphatic carbocycles. The summed E-state index contributed by atoms with van der Waals surface area (Å²) in [6, 6.07) is 8.08.